The lowest BCUT2D eigenvalue weighted by Crippen LogP contribution is -2.39. The first-order chi connectivity index (χ1) is 20.1. The van der Waals surface area contributed by atoms with Gasteiger partial charge in [-0.15, -0.1) is 0 Å². The first-order valence-corrected chi connectivity index (χ1v) is 15.7. The number of benzene rings is 2. The Hall–Kier alpha value is -3.48. The lowest BCUT2D eigenvalue weighted by Gasteiger charge is -2.29. The molecule has 1 aliphatic rings. The lowest BCUT2D eigenvalue weighted by molar-refractivity contribution is -0.142. The molecule has 2 unspecified atom stereocenters. The van der Waals surface area contributed by atoms with Gasteiger partial charge in [0, 0.05) is 28.1 Å². The summed E-state index contributed by atoms with van der Waals surface area (Å²) in [5.74, 6) is -0.237. The number of aryl methyl sites for hydroxylation is 1. The van der Waals surface area contributed by atoms with E-state index >= 15 is 0 Å². The lowest BCUT2D eigenvalue weighted by atomic mass is 10.1. The molecule has 4 rings (SSSR count). The molecule has 0 radical (unpaired) electrons. The summed E-state index contributed by atoms with van der Waals surface area (Å²) in [5.41, 5.74) is 9.14. The fourth-order valence-electron chi connectivity index (χ4n) is 4.28. The standard InChI is InChI=1S/C26H28ClN6O7PS/c1-16-14-33(26(36)29-24(16)34)23-13-20(30-32-28)22(39-23)15-38-41(42,40-19-10-8-18(27)9-11-19)31-21(25(35)37-2)12-17-6-4-3-5-7-17/h3-11,14,20-23H,12-13,15H2,1-2H3,(H,31,42)(H,29,34,36)/t20-,21?,22+,23+,41?/m0/s1. The van der Waals surface area contributed by atoms with E-state index in [1.807, 2.05) is 30.3 Å². The number of carbonyl (C=O) groups is 1. The van der Waals surface area contributed by atoms with E-state index in [1.54, 1.807) is 31.2 Å². The molecule has 42 heavy (non-hydrogen) atoms. The Morgan fingerprint density at radius 1 is 1.29 bits per heavy atom. The van der Waals surface area contributed by atoms with Gasteiger partial charge in [-0.1, -0.05) is 47.0 Å². The van der Waals surface area contributed by atoms with Crippen LogP contribution in [0.5, 0.6) is 5.75 Å². The maximum absolute atomic E-state index is 12.8. The highest BCUT2D eigenvalue weighted by molar-refractivity contribution is 8.09. The van der Waals surface area contributed by atoms with Gasteiger partial charge in [-0.05, 0) is 60.5 Å². The number of H-pyrrole nitrogens is 1. The molecule has 16 heteroatoms. The second kappa shape index (κ2) is 14.1. The van der Waals surface area contributed by atoms with Crippen molar-refractivity contribution in [3.05, 3.63) is 108 Å². The monoisotopic (exact) mass is 634 g/mol. The molecule has 2 heterocycles. The molecule has 222 valence electrons. The van der Waals surface area contributed by atoms with Crippen LogP contribution in [0, 0.1) is 6.92 Å². The Morgan fingerprint density at radius 2 is 2.00 bits per heavy atom. The number of aromatic amines is 1. The average molecular weight is 635 g/mol. The summed E-state index contributed by atoms with van der Waals surface area (Å²) in [6.07, 6.45) is 0.0606. The number of rotatable bonds is 12. The van der Waals surface area contributed by atoms with Gasteiger partial charge in [-0.3, -0.25) is 19.1 Å². The van der Waals surface area contributed by atoms with E-state index < -0.39 is 48.3 Å². The zero-order valence-electron chi connectivity index (χ0n) is 22.6. The van der Waals surface area contributed by atoms with Crippen molar-refractivity contribution < 1.29 is 23.3 Å². The quantitative estimate of drug-likeness (QED) is 0.0976. The molecule has 1 aliphatic heterocycles. The van der Waals surface area contributed by atoms with Crippen LogP contribution in [0.2, 0.25) is 5.02 Å². The van der Waals surface area contributed by atoms with Gasteiger partial charge in [0.05, 0.1) is 25.9 Å². The van der Waals surface area contributed by atoms with Gasteiger partial charge in [0.2, 0.25) is 0 Å². The van der Waals surface area contributed by atoms with Crippen molar-refractivity contribution in [2.45, 2.75) is 44.2 Å². The van der Waals surface area contributed by atoms with E-state index in [1.165, 1.54) is 17.9 Å². The molecule has 5 atom stereocenters. The normalized spacial score (nSPS) is 20.2. The van der Waals surface area contributed by atoms with E-state index in [9.17, 15) is 14.4 Å². The minimum absolute atomic E-state index is 0.136. The van der Waals surface area contributed by atoms with Crippen molar-refractivity contribution in [3.63, 3.8) is 0 Å². The number of methoxy groups -OCH3 is 1. The molecular weight excluding hydrogens is 607 g/mol. The van der Waals surface area contributed by atoms with Crippen LogP contribution in [-0.4, -0.2) is 47.4 Å². The fourth-order valence-corrected chi connectivity index (χ4v) is 6.73. The van der Waals surface area contributed by atoms with Crippen LogP contribution < -0.4 is 20.9 Å². The molecule has 0 bridgehead atoms. The van der Waals surface area contributed by atoms with Crippen LogP contribution in [0.4, 0.5) is 0 Å². The van der Waals surface area contributed by atoms with Crippen molar-refractivity contribution in [2.75, 3.05) is 13.7 Å². The summed E-state index contributed by atoms with van der Waals surface area (Å²) in [5, 5.41) is 7.35. The predicted molar refractivity (Wildman–Crippen MR) is 159 cm³/mol. The van der Waals surface area contributed by atoms with Crippen LogP contribution >= 0.6 is 18.2 Å². The molecule has 0 amide bonds. The highest BCUT2D eigenvalue weighted by Gasteiger charge is 2.39. The number of carbonyl (C=O) groups excluding carboxylic acids is 1. The Kier molecular flexibility index (Phi) is 10.6. The summed E-state index contributed by atoms with van der Waals surface area (Å²) >= 11 is 11.9. The van der Waals surface area contributed by atoms with Gasteiger partial charge in [-0.2, -0.15) is 0 Å². The molecular formula is C26H28ClN6O7PS. The molecule has 0 spiro atoms. The SMILES string of the molecule is COC(=O)C(Cc1ccccc1)NP(=S)(OC[C@H]1O[C@@H](n2cc(C)c(=O)[nH]c2=O)C[C@@H]1N=[N+]=[N-])Oc1ccc(Cl)cc1. The molecule has 1 saturated heterocycles. The van der Waals surface area contributed by atoms with Crippen molar-refractivity contribution in [1.82, 2.24) is 14.6 Å². The minimum atomic E-state index is -3.52. The van der Waals surface area contributed by atoms with E-state index in [2.05, 4.69) is 20.1 Å². The summed E-state index contributed by atoms with van der Waals surface area (Å²) in [6, 6.07) is 14.1. The minimum Gasteiger partial charge on any atom is -0.468 e. The first kappa shape index (κ1) is 31.5. The third-order valence-corrected chi connectivity index (χ3v) is 9.07. The maximum Gasteiger partial charge on any atom is 0.330 e. The molecule has 2 aromatic carbocycles. The zero-order valence-corrected chi connectivity index (χ0v) is 25.1. The van der Waals surface area contributed by atoms with Gasteiger partial charge in [0.25, 0.3) is 5.56 Å². The van der Waals surface area contributed by atoms with Gasteiger partial charge in [0.15, 0.2) is 0 Å². The van der Waals surface area contributed by atoms with Crippen LogP contribution in [0.25, 0.3) is 10.4 Å². The smallest absolute Gasteiger partial charge is 0.330 e. The van der Waals surface area contributed by atoms with Crippen LogP contribution in [0.15, 0.2) is 75.5 Å². The number of nitrogens with one attached hydrogen (secondary N) is 2. The molecule has 1 fully saturated rings. The van der Waals surface area contributed by atoms with Crippen molar-refractivity contribution in [2.24, 2.45) is 5.11 Å². The van der Waals surface area contributed by atoms with Crippen molar-refractivity contribution in [1.29, 1.82) is 0 Å². The number of azide groups is 1. The second-order valence-corrected chi connectivity index (χ2v) is 12.9. The number of nitrogens with zero attached hydrogens (tertiary/aromatic N) is 4. The number of hydrogen-bond donors (Lipinski definition) is 2. The average Bonchev–Trinajstić information content (AvgIpc) is 3.37. The highest BCUT2D eigenvalue weighted by Crippen LogP contribution is 2.47. The van der Waals surface area contributed by atoms with Crippen LogP contribution in [0.3, 0.4) is 0 Å². The molecule has 3 aromatic rings. The van der Waals surface area contributed by atoms with Crippen molar-refractivity contribution in [3.8, 4) is 5.75 Å². The summed E-state index contributed by atoms with van der Waals surface area (Å²) in [7, 11) is 1.27. The van der Waals surface area contributed by atoms with E-state index in [0.29, 0.717) is 16.3 Å². The van der Waals surface area contributed by atoms with E-state index in [-0.39, 0.29) is 19.4 Å². The van der Waals surface area contributed by atoms with Gasteiger partial charge >= 0.3 is 18.3 Å². The van der Waals surface area contributed by atoms with Gasteiger partial charge in [0.1, 0.15) is 18.0 Å². The number of hydrogen-bond acceptors (Lipinski definition) is 9. The second-order valence-electron chi connectivity index (χ2n) is 9.35. The first-order valence-electron chi connectivity index (χ1n) is 12.7. The third kappa shape index (κ3) is 8.08. The summed E-state index contributed by atoms with van der Waals surface area (Å²) < 4.78 is 24.5. The Bertz CT molecular complexity index is 1610. The van der Waals surface area contributed by atoms with Gasteiger partial charge < -0.3 is 18.5 Å². The number of ether oxygens (including phenoxy) is 2. The predicted octanol–water partition coefficient (Wildman–Crippen LogP) is 4.16. The summed E-state index contributed by atoms with van der Waals surface area (Å²) in [4.78, 5) is 42.2. The van der Waals surface area contributed by atoms with Gasteiger partial charge in [-0.25, -0.2) is 9.88 Å². The Morgan fingerprint density at radius 3 is 2.67 bits per heavy atom. The van der Waals surface area contributed by atoms with Crippen molar-refractivity contribution >= 4 is 36.0 Å². The topological polar surface area (TPSA) is 170 Å². The number of halogens is 1. The largest absolute Gasteiger partial charge is 0.468 e. The fraction of sp³-hybridized carbons (Fsp3) is 0.346. The summed E-state index contributed by atoms with van der Waals surface area (Å²) in [6.45, 7) is -2.18. The third-order valence-electron chi connectivity index (χ3n) is 6.39. The zero-order chi connectivity index (χ0) is 30.3. The Balaban J connectivity index is 1.59. The van der Waals surface area contributed by atoms with E-state index in [4.69, 9.17) is 47.5 Å². The molecule has 0 saturated carbocycles. The molecule has 13 nitrogen and oxygen atoms in total. The van der Waals surface area contributed by atoms with Crippen LogP contribution in [-0.2, 0) is 37.0 Å². The van der Waals surface area contributed by atoms with Crippen LogP contribution in [0.1, 0.15) is 23.8 Å². The molecule has 2 N–H and O–H groups in total. The highest BCUT2D eigenvalue weighted by atomic mass is 35.5. The number of aromatic nitrogens is 2. The molecule has 1 aromatic heterocycles. The molecule has 0 aliphatic carbocycles. The van der Waals surface area contributed by atoms with E-state index in [0.717, 1.165) is 5.56 Å². The Labute approximate surface area is 250 Å². The number of esters is 1. The maximum atomic E-state index is 12.8.